The van der Waals surface area contributed by atoms with Crippen LogP contribution in [0.5, 0.6) is 23.0 Å². The van der Waals surface area contributed by atoms with E-state index in [1.165, 1.54) is 0 Å². The lowest BCUT2D eigenvalue weighted by Gasteiger charge is -2.37. The molecule has 2 unspecified atom stereocenters. The highest BCUT2D eigenvalue weighted by atomic mass is 35.5. The first-order valence-corrected chi connectivity index (χ1v) is 21.8. The molecule has 4 aromatic carbocycles. The third-order valence-electron chi connectivity index (χ3n) is 11.8. The van der Waals surface area contributed by atoms with Gasteiger partial charge in [-0.25, -0.2) is 0 Å². The molecule has 1 amide bonds. The molecule has 2 aliphatic rings. The number of hydrogen-bond donors (Lipinski definition) is 0. The van der Waals surface area contributed by atoms with Crippen molar-refractivity contribution >= 4 is 24.1 Å². The number of ketones is 1. The fourth-order valence-corrected chi connectivity index (χ4v) is 8.75. The molecule has 13 heteroatoms. The Balaban J connectivity index is 0.00000630. The van der Waals surface area contributed by atoms with E-state index >= 15 is 9.59 Å². The second-order valence-corrected chi connectivity index (χ2v) is 17.1. The predicted molar refractivity (Wildman–Crippen MR) is 251 cm³/mol. The maximum Gasteiger partial charge on any atom is 0.238 e. The van der Waals surface area contributed by atoms with Gasteiger partial charge < -0.3 is 42.5 Å². The Bertz CT molecular complexity index is 2540. The Morgan fingerprint density at radius 1 is 0.615 bits per heavy atom. The van der Waals surface area contributed by atoms with Crippen molar-refractivity contribution in [1.82, 2.24) is 19.6 Å². The minimum Gasteiger partial charge on any atom is -0.493 e. The summed E-state index contributed by atoms with van der Waals surface area (Å²) in [5.74, 6) is 3.72. The number of hydrogen-bond acceptors (Lipinski definition) is 11. The van der Waals surface area contributed by atoms with Gasteiger partial charge in [-0.15, -0.1) is 12.4 Å². The second kappa shape index (κ2) is 21.3. The first kappa shape index (κ1) is 46.9. The van der Waals surface area contributed by atoms with Gasteiger partial charge >= 0.3 is 0 Å². The summed E-state index contributed by atoms with van der Waals surface area (Å²) >= 11 is 0. The first-order valence-electron chi connectivity index (χ1n) is 21.8. The topological polar surface area (TPSA) is 110 Å². The highest BCUT2D eigenvalue weighted by Crippen LogP contribution is 2.41. The lowest BCUT2D eigenvalue weighted by Crippen LogP contribution is -2.45. The number of Topliss-reactive ketones (excluding diaryl/α,β-unsaturated/α-hetero) is 1. The molecule has 0 fully saturated rings. The Morgan fingerprint density at radius 3 is 1.63 bits per heavy atom. The van der Waals surface area contributed by atoms with E-state index in [4.69, 9.17) is 27.8 Å². The number of carbonyl (C=O) groups is 2. The SMILES string of the molecule is COc1cc(C(C(=O)C(c2ccc(OCc3ccccc3)c(OC)c2)N2CCc3oc(CN(C)C)cc3C2)C(=O)N2CCc3oc(CN(C)C)cc3C2)ccc1OCc1ccccc1.Cl. The summed E-state index contributed by atoms with van der Waals surface area (Å²) in [4.78, 5) is 39.4. The Labute approximate surface area is 388 Å². The summed E-state index contributed by atoms with van der Waals surface area (Å²) in [5, 5.41) is 0. The minimum atomic E-state index is -1.20. The van der Waals surface area contributed by atoms with Crippen molar-refractivity contribution in [3.8, 4) is 23.0 Å². The van der Waals surface area contributed by atoms with Crippen LogP contribution in [0, 0.1) is 0 Å². The fraction of sp³-hybridized carbons (Fsp3) is 0.346. The molecular formula is C52H59ClN4O8. The molecule has 0 spiro atoms. The van der Waals surface area contributed by atoms with Crippen LogP contribution in [0.25, 0.3) is 0 Å². The zero-order valence-electron chi connectivity index (χ0n) is 38.1. The van der Waals surface area contributed by atoms with E-state index in [1.54, 1.807) is 31.3 Å². The molecule has 0 saturated carbocycles. The van der Waals surface area contributed by atoms with E-state index < -0.39 is 12.0 Å². The van der Waals surface area contributed by atoms with Crippen molar-refractivity contribution < 1.29 is 37.4 Å². The number of ether oxygens (including phenoxy) is 4. The van der Waals surface area contributed by atoms with Crippen LogP contribution < -0.4 is 18.9 Å². The summed E-state index contributed by atoms with van der Waals surface area (Å²) in [5.41, 5.74) is 5.19. The van der Waals surface area contributed by atoms with Crippen molar-refractivity contribution in [2.75, 3.05) is 55.5 Å². The molecule has 65 heavy (non-hydrogen) atoms. The smallest absolute Gasteiger partial charge is 0.238 e. The molecule has 4 heterocycles. The lowest BCUT2D eigenvalue weighted by molar-refractivity contribution is -0.140. The van der Waals surface area contributed by atoms with Gasteiger partial charge in [0.25, 0.3) is 0 Å². The molecule has 8 rings (SSSR count). The number of carbonyl (C=O) groups excluding carboxylic acids is 2. The van der Waals surface area contributed by atoms with Crippen LogP contribution in [-0.2, 0) is 61.8 Å². The van der Waals surface area contributed by atoms with Crippen LogP contribution in [0.2, 0.25) is 0 Å². The summed E-state index contributed by atoms with van der Waals surface area (Å²) < 4.78 is 36.9. The molecule has 6 aromatic rings. The van der Waals surface area contributed by atoms with Gasteiger partial charge in [0, 0.05) is 50.1 Å². The van der Waals surface area contributed by atoms with Gasteiger partial charge in [0.2, 0.25) is 5.91 Å². The molecule has 2 aromatic heterocycles. The normalized spacial score (nSPS) is 14.6. The quantitative estimate of drug-likeness (QED) is 0.0774. The monoisotopic (exact) mass is 902 g/mol. The molecule has 342 valence electrons. The maximum atomic E-state index is 16.0. The summed E-state index contributed by atoms with van der Waals surface area (Å²) in [7, 11) is 11.2. The third-order valence-corrected chi connectivity index (χ3v) is 11.8. The van der Waals surface area contributed by atoms with Gasteiger partial charge in [-0.3, -0.25) is 14.5 Å². The number of nitrogens with zero attached hydrogens (tertiary/aromatic N) is 4. The van der Waals surface area contributed by atoms with Gasteiger partial charge in [0.15, 0.2) is 28.8 Å². The standard InChI is InChI=1S/C52H58N4O8.ClH/c1-53(2)31-41-25-39-29-55(23-21-43(39)63-41)50(38-18-20-46(48(28-38)60-6)62-34-36-15-11-8-12-16-36)51(57)49(52(58)56-24-22-44-40(30-56)26-42(64-44)32-54(3)4)37-17-19-45(47(27-37)59-5)61-33-35-13-9-7-10-14-35;/h7-20,25-28,49-50H,21-24,29-34H2,1-6H3;1H. The molecule has 0 bridgehead atoms. The predicted octanol–water partition coefficient (Wildman–Crippen LogP) is 8.63. The Kier molecular flexibility index (Phi) is 15.4. The summed E-state index contributed by atoms with van der Waals surface area (Å²) in [6.45, 7) is 3.68. The minimum absolute atomic E-state index is 0. The second-order valence-electron chi connectivity index (χ2n) is 17.1. The van der Waals surface area contributed by atoms with Crippen LogP contribution >= 0.6 is 12.4 Å². The van der Waals surface area contributed by atoms with E-state index in [2.05, 4.69) is 20.8 Å². The zero-order chi connectivity index (χ0) is 44.7. The third kappa shape index (κ3) is 11.1. The molecule has 12 nitrogen and oxygen atoms in total. The highest BCUT2D eigenvalue weighted by molar-refractivity contribution is 6.09. The number of amides is 1. The van der Waals surface area contributed by atoms with Crippen molar-refractivity contribution in [2.45, 2.75) is 64.2 Å². The fourth-order valence-electron chi connectivity index (χ4n) is 8.75. The van der Waals surface area contributed by atoms with E-state index in [9.17, 15) is 0 Å². The van der Waals surface area contributed by atoms with Gasteiger partial charge in [0.1, 0.15) is 42.2 Å². The lowest BCUT2D eigenvalue weighted by atomic mass is 9.84. The van der Waals surface area contributed by atoms with Gasteiger partial charge in [-0.1, -0.05) is 72.8 Å². The molecule has 0 saturated heterocycles. The number of rotatable bonds is 18. The molecule has 0 N–H and O–H groups in total. The van der Waals surface area contributed by atoms with E-state index in [-0.39, 0.29) is 24.1 Å². The molecular weight excluding hydrogens is 844 g/mol. The molecule has 0 radical (unpaired) electrons. The highest BCUT2D eigenvalue weighted by Gasteiger charge is 2.42. The van der Waals surface area contributed by atoms with Gasteiger partial charge in [0.05, 0.1) is 33.4 Å². The van der Waals surface area contributed by atoms with Crippen LogP contribution in [-0.4, -0.2) is 86.8 Å². The average Bonchev–Trinajstić information content (AvgIpc) is 3.90. The van der Waals surface area contributed by atoms with E-state index in [0.717, 1.165) is 45.3 Å². The number of fused-ring (bicyclic) bond motifs is 2. The first-order chi connectivity index (χ1) is 31.1. The Morgan fingerprint density at radius 2 is 1.11 bits per heavy atom. The van der Waals surface area contributed by atoms with Crippen molar-refractivity contribution in [3.05, 3.63) is 166 Å². The van der Waals surface area contributed by atoms with Crippen molar-refractivity contribution in [3.63, 3.8) is 0 Å². The van der Waals surface area contributed by atoms with Crippen molar-refractivity contribution in [1.29, 1.82) is 0 Å². The molecule has 2 atom stereocenters. The van der Waals surface area contributed by atoms with Gasteiger partial charge in [-0.2, -0.15) is 0 Å². The molecule has 0 aliphatic carbocycles. The van der Waals surface area contributed by atoms with E-state index in [1.807, 2.05) is 119 Å². The number of halogens is 1. The van der Waals surface area contributed by atoms with E-state index in [0.29, 0.717) is 99.4 Å². The van der Waals surface area contributed by atoms with Crippen LogP contribution in [0.1, 0.15) is 68.4 Å². The number of benzene rings is 4. The largest absolute Gasteiger partial charge is 0.493 e. The summed E-state index contributed by atoms with van der Waals surface area (Å²) in [6.07, 6.45) is 1.15. The maximum absolute atomic E-state index is 16.0. The number of methoxy groups -OCH3 is 2. The Hall–Kier alpha value is -6.05. The van der Waals surface area contributed by atoms with Gasteiger partial charge in [-0.05, 0) is 86.8 Å². The zero-order valence-corrected chi connectivity index (χ0v) is 38.9. The number of furan rings is 2. The van der Waals surface area contributed by atoms with Crippen LogP contribution in [0.4, 0.5) is 0 Å². The summed E-state index contributed by atoms with van der Waals surface area (Å²) in [6, 6.07) is 34.1. The van der Waals surface area contributed by atoms with Crippen LogP contribution in [0.3, 0.4) is 0 Å². The average molecular weight is 904 g/mol. The van der Waals surface area contributed by atoms with Crippen LogP contribution in [0.15, 0.2) is 118 Å². The van der Waals surface area contributed by atoms with Crippen molar-refractivity contribution in [2.24, 2.45) is 0 Å². The molecule has 2 aliphatic heterocycles.